The van der Waals surface area contributed by atoms with Crippen LogP contribution < -0.4 is 0 Å². The summed E-state index contributed by atoms with van der Waals surface area (Å²) < 4.78 is 10.7. The molecule has 0 amide bonds. The number of nitrogens with zero attached hydrogens (tertiary/aromatic N) is 1. The maximum Gasteiger partial charge on any atom is 0.335 e. The number of hydrogen-bond donors (Lipinski definition) is 2. The van der Waals surface area contributed by atoms with E-state index in [2.05, 4.69) is 4.98 Å². The van der Waals surface area contributed by atoms with E-state index in [4.69, 9.17) is 9.79 Å². The van der Waals surface area contributed by atoms with Gasteiger partial charge in [-0.3, -0.25) is 4.57 Å². The van der Waals surface area contributed by atoms with E-state index in [9.17, 15) is 4.57 Å². The molecule has 6 heteroatoms. The average molecular weight is 255 g/mol. The van der Waals surface area contributed by atoms with E-state index < -0.39 is 7.60 Å². The Bertz CT molecular complexity index is 555. The zero-order valence-electron chi connectivity index (χ0n) is 8.28. The Labute approximate surface area is 96.9 Å². The topological polar surface area (TPSA) is 70.4 Å². The number of fused-ring (bicyclic) bond motifs is 1. The molecule has 0 fully saturated rings. The van der Waals surface area contributed by atoms with Crippen LogP contribution in [0.1, 0.15) is 0 Å². The van der Waals surface area contributed by atoms with Crippen LogP contribution in [-0.4, -0.2) is 20.3 Å². The molecular formula is C10H10NO3PS. The molecule has 4 nitrogen and oxygen atoms in total. The largest absolute Gasteiger partial charge is 0.335 e. The smallest absolute Gasteiger partial charge is 0.324 e. The van der Waals surface area contributed by atoms with E-state index in [1.165, 1.54) is 0 Å². The summed E-state index contributed by atoms with van der Waals surface area (Å²) in [5.41, 5.74) is 0.594. The lowest BCUT2D eigenvalue weighted by atomic mass is 10.2. The van der Waals surface area contributed by atoms with Crippen molar-refractivity contribution in [2.24, 2.45) is 0 Å². The van der Waals surface area contributed by atoms with Crippen molar-refractivity contribution in [3.05, 3.63) is 36.4 Å². The molecule has 0 saturated heterocycles. The summed E-state index contributed by atoms with van der Waals surface area (Å²) in [5.74, 6) is 0. The fourth-order valence-electron chi connectivity index (χ4n) is 1.28. The summed E-state index contributed by atoms with van der Waals surface area (Å²) in [6.07, 6.45) is 0. The molecule has 2 aromatic rings. The molecule has 0 aliphatic heterocycles. The van der Waals surface area contributed by atoms with Gasteiger partial charge < -0.3 is 9.79 Å². The van der Waals surface area contributed by atoms with Crippen molar-refractivity contribution in [3.8, 4) is 0 Å². The highest BCUT2D eigenvalue weighted by atomic mass is 32.2. The molecule has 0 aliphatic rings. The van der Waals surface area contributed by atoms with Crippen LogP contribution in [-0.2, 0) is 4.57 Å². The highest BCUT2D eigenvalue weighted by Gasteiger charge is 2.13. The third-order valence-electron chi connectivity index (χ3n) is 1.95. The van der Waals surface area contributed by atoms with Gasteiger partial charge in [-0.1, -0.05) is 36.0 Å². The molecule has 16 heavy (non-hydrogen) atoms. The lowest BCUT2D eigenvalue weighted by Gasteiger charge is -2.04. The Morgan fingerprint density at radius 2 is 1.94 bits per heavy atom. The van der Waals surface area contributed by atoms with Crippen molar-refractivity contribution in [2.45, 2.75) is 5.03 Å². The van der Waals surface area contributed by atoms with Gasteiger partial charge in [0, 0.05) is 5.39 Å². The summed E-state index contributed by atoms with van der Waals surface area (Å²) in [6, 6.07) is 11.3. The van der Waals surface area contributed by atoms with Crippen molar-refractivity contribution >= 4 is 30.3 Å². The van der Waals surface area contributed by atoms with Gasteiger partial charge in [0.25, 0.3) is 0 Å². The first-order chi connectivity index (χ1) is 7.54. The minimum absolute atomic E-state index is 0.238. The van der Waals surface area contributed by atoms with Gasteiger partial charge in [-0.15, -0.1) is 0 Å². The summed E-state index contributed by atoms with van der Waals surface area (Å²) in [7, 11) is -3.97. The van der Waals surface area contributed by atoms with Crippen LogP contribution in [0.15, 0.2) is 41.4 Å². The third kappa shape index (κ3) is 3.06. The molecule has 0 spiro atoms. The van der Waals surface area contributed by atoms with E-state index in [1.54, 1.807) is 6.07 Å². The van der Waals surface area contributed by atoms with Gasteiger partial charge in [-0.2, -0.15) is 0 Å². The molecule has 2 rings (SSSR count). The van der Waals surface area contributed by atoms with Gasteiger partial charge in [0.15, 0.2) is 0 Å². The summed E-state index contributed by atoms with van der Waals surface area (Å²) >= 11 is 1.07. The lowest BCUT2D eigenvalue weighted by molar-refractivity contribution is 0.379. The van der Waals surface area contributed by atoms with E-state index in [0.717, 1.165) is 22.7 Å². The van der Waals surface area contributed by atoms with Gasteiger partial charge in [0.1, 0.15) is 5.49 Å². The van der Waals surface area contributed by atoms with Crippen molar-refractivity contribution in [2.75, 3.05) is 5.49 Å². The average Bonchev–Trinajstić information content (AvgIpc) is 2.25. The molecule has 0 aliphatic carbocycles. The first-order valence-corrected chi connectivity index (χ1v) is 7.36. The Kier molecular flexibility index (Phi) is 3.30. The number of thioether (sulfide) groups is 1. The number of hydrogen-bond acceptors (Lipinski definition) is 3. The number of para-hydroxylation sites is 1. The number of aromatic nitrogens is 1. The van der Waals surface area contributed by atoms with Crippen LogP contribution in [0.2, 0.25) is 0 Å². The van der Waals surface area contributed by atoms with Crippen molar-refractivity contribution in [1.29, 1.82) is 0 Å². The van der Waals surface area contributed by atoms with E-state index >= 15 is 0 Å². The van der Waals surface area contributed by atoms with Gasteiger partial charge in [-0.05, 0) is 12.1 Å². The zero-order chi connectivity index (χ0) is 11.6. The Balaban J connectivity index is 2.23. The number of benzene rings is 1. The minimum Gasteiger partial charge on any atom is -0.324 e. The Morgan fingerprint density at radius 3 is 2.69 bits per heavy atom. The number of pyridine rings is 1. The van der Waals surface area contributed by atoms with Crippen molar-refractivity contribution in [1.82, 2.24) is 4.98 Å². The molecule has 0 radical (unpaired) electrons. The molecule has 0 bridgehead atoms. The Morgan fingerprint density at radius 1 is 1.19 bits per heavy atom. The van der Waals surface area contributed by atoms with E-state index in [0.29, 0.717) is 5.03 Å². The first kappa shape index (κ1) is 11.6. The molecular weight excluding hydrogens is 245 g/mol. The maximum absolute atomic E-state index is 10.7. The summed E-state index contributed by atoms with van der Waals surface area (Å²) in [6.45, 7) is 0. The van der Waals surface area contributed by atoms with Gasteiger partial charge in [0.05, 0.1) is 10.5 Å². The van der Waals surface area contributed by atoms with Crippen molar-refractivity contribution in [3.63, 3.8) is 0 Å². The van der Waals surface area contributed by atoms with Gasteiger partial charge in [-0.25, -0.2) is 4.98 Å². The quantitative estimate of drug-likeness (QED) is 0.651. The second kappa shape index (κ2) is 4.55. The minimum atomic E-state index is -3.97. The SMILES string of the molecule is O=P(O)(O)CSc1ccc2ccccc2n1. The second-order valence-electron chi connectivity index (χ2n) is 3.28. The predicted octanol–water partition coefficient (Wildman–Crippen LogP) is 2.46. The standard InChI is InChI=1S/C10H10NO3PS/c12-15(13,14)7-16-10-6-5-8-3-1-2-4-9(8)11-10/h1-6H,7H2,(H2,12,13,14). The van der Waals surface area contributed by atoms with E-state index in [-0.39, 0.29) is 5.49 Å². The Hall–Kier alpha value is -0.870. The molecule has 1 aromatic carbocycles. The number of rotatable bonds is 3. The van der Waals surface area contributed by atoms with Gasteiger partial charge in [0.2, 0.25) is 0 Å². The monoisotopic (exact) mass is 255 g/mol. The van der Waals surface area contributed by atoms with Crippen LogP contribution in [0.3, 0.4) is 0 Å². The van der Waals surface area contributed by atoms with Crippen LogP contribution in [0.25, 0.3) is 10.9 Å². The highest BCUT2D eigenvalue weighted by molar-refractivity contribution is 8.04. The van der Waals surface area contributed by atoms with Crippen LogP contribution in [0, 0.1) is 0 Å². The van der Waals surface area contributed by atoms with Crippen molar-refractivity contribution < 1.29 is 14.4 Å². The van der Waals surface area contributed by atoms with Gasteiger partial charge >= 0.3 is 7.60 Å². The summed E-state index contributed by atoms with van der Waals surface area (Å²) in [5, 5.41) is 1.64. The molecule has 84 valence electrons. The normalized spacial score (nSPS) is 11.9. The highest BCUT2D eigenvalue weighted by Crippen LogP contribution is 2.40. The third-order valence-corrected chi connectivity index (χ3v) is 4.34. The maximum atomic E-state index is 10.7. The fraction of sp³-hybridized carbons (Fsp3) is 0.100. The van der Waals surface area contributed by atoms with E-state index in [1.807, 2.05) is 30.3 Å². The predicted molar refractivity (Wildman–Crippen MR) is 64.5 cm³/mol. The van der Waals surface area contributed by atoms with Crippen LogP contribution >= 0.6 is 19.4 Å². The zero-order valence-corrected chi connectivity index (χ0v) is 9.99. The second-order valence-corrected chi connectivity index (χ2v) is 6.35. The molecule has 0 unspecified atom stereocenters. The molecule has 1 heterocycles. The van der Waals surface area contributed by atoms with Crippen LogP contribution in [0.5, 0.6) is 0 Å². The lowest BCUT2D eigenvalue weighted by Crippen LogP contribution is -1.86. The first-order valence-electron chi connectivity index (χ1n) is 4.58. The van der Waals surface area contributed by atoms with Crippen LogP contribution in [0.4, 0.5) is 0 Å². The molecule has 1 aromatic heterocycles. The molecule has 0 saturated carbocycles. The summed E-state index contributed by atoms with van der Waals surface area (Å²) in [4.78, 5) is 21.8. The molecule has 2 N–H and O–H groups in total. The molecule has 0 atom stereocenters. The fourth-order valence-corrected chi connectivity index (χ4v) is 2.81.